The highest BCUT2D eigenvalue weighted by atomic mass is 19.1. The molecule has 0 aromatic heterocycles. The Hall–Kier alpha value is -2.17. The molecule has 128 valence electrons. The molecule has 1 fully saturated rings. The van der Waals surface area contributed by atoms with Gasteiger partial charge in [-0.15, -0.1) is 0 Å². The summed E-state index contributed by atoms with van der Waals surface area (Å²) < 4.78 is 12.9. The second-order valence-corrected chi connectivity index (χ2v) is 6.80. The lowest BCUT2D eigenvalue weighted by molar-refractivity contribution is -0.130. The Morgan fingerprint density at radius 2 is 2.00 bits per heavy atom. The fourth-order valence-electron chi connectivity index (χ4n) is 3.77. The average Bonchev–Trinajstić information content (AvgIpc) is 2.82. The monoisotopic (exact) mass is 330 g/mol. The first-order valence-corrected chi connectivity index (χ1v) is 8.57. The fraction of sp³-hybridized carbons (Fsp3) is 0.474. The first-order chi connectivity index (χ1) is 11.5. The maximum absolute atomic E-state index is 12.9. The zero-order valence-corrected chi connectivity index (χ0v) is 14.1. The van der Waals surface area contributed by atoms with Crippen LogP contribution < -0.4 is 5.32 Å². The van der Waals surface area contributed by atoms with Crippen molar-refractivity contribution in [1.82, 2.24) is 4.90 Å². The van der Waals surface area contributed by atoms with Crippen LogP contribution in [0.3, 0.4) is 0 Å². The van der Waals surface area contributed by atoms with E-state index in [0.717, 1.165) is 31.3 Å². The van der Waals surface area contributed by atoms with Gasteiger partial charge in [-0.25, -0.2) is 4.39 Å². The molecule has 0 radical (unpaired) electrons. The minimum Gasteiger partial charge on any atom is -0.330 e. The zero-order valence-electron chi connectivity index (χ0n) is 14.1. The third kappa shape index (κ3) is 3.21. The lowest BCUT2D eigenvalue weighted by Crippen LogP contribution is -2.41. The van der Waals surface area contributed by atoms with E-state index < -0.39 is 0 Å². The van der Waals surface area contributed by atoms with E-state index in [1.807, 2.05) is 18.7 Å². The van der Waals surface area contributed by atoms with Crippen molar-refractivity contribution >= 4 is 17.5 Å². The number of rotatable bonds is 4. The number of hydrogen-bond acceptors (Lipinski definition) is 2. The number of anilines is 1. The Labute approximate surface area is 141 Å². The number of nitrogens with zero attached hydrogens (tertiary/aromatic N) is 1. The van der Waals surface area contributed by atoms with Crippen LogP contribution in [0.25, 0.3) is 0 Å². The number of carbonyl (C=O) groups is 2. The van der Waals surface area contributed by atoms with Gasteiger partial charge in [0.05, 0.1) is 12.5 Å². The summed E-state index contributed by atoms with van der Waals surface area (Å²) in [4.78, 5) is 27.1. The topological polar surface area (TPSA) is 49.4 Å². The molecule has 1 aliphatic heterocycles. The second-order valence-electron chi connectivity index (χ2n) is 6.80. The van der Waals surface area contributed by atoms with Crippen LogP contribution >= 0.6 is 0 Å². The van der Waals surface area contributed by atoms with E-state index in [4.69, 9.17) is 0 Å². The van der Waals surface area contributed by atoms with E-state index in [2.05, 4.69) is 5.32 Å². The summed E-state index contributed by atoms with van der Waals surface area (Å²) in [7, 11) is 0. The number of hydrogen-bond donors (Lipinski definition) is 1. The molecule has 0 spiro atoms. The Morgan fingerprint density at radius 3 is 2.67 bits per heavy atom. The van der Waals surface area contributed by atoms with Crippen LogP contribution in [0.4, 0.5) is 10.1 Å². The predicted molar refractivity (Wildman–Crippen MR) is 90.9 cm³/mol. The van der Waals surface area contributed by atoms with E-state index >= 15 is 0 Å². The third-order valence-corrected chi connectivity index (χ3v) is 4.81. The minimum atomic E-state index is -0.346. The molecule has 1 N–H and O–H groups in total. The molecule has 4 nitrogen and oxygen atoms in total. The normalized spacial score (nSPS) is 20.6. The Bertz CT molecular complexity index is 679. The Balaban J connectivity index is 1.76. The maximum atomic E-state index is 12.9. The highest BCUT2D eigenvalue weighted by Gasteiger charge is 2.41. The molecule has 0 saturated heterocycles. The molecule has 1 heterocycles. The average molecular weight is 330 g/mol. The molecule has 3 rings (SSSR count). The van der Waals surface area contributed by atoms with Gasteiger partial charge >= 0.3 is 0 Å². The van der Waals surface area contributed by atoms with Crippen molar-refractivity contribution in [2.75, 3.05) is 5.32 Å². The molecule has 2 amide bonds. The largest absolute Gasteiger partial charge is 0.330 e. The van der Waals surface area contributed by atoms with Crippen molar-refractivity contribution in [3.05, 3.63) is 41.2 Å². The van der Waals surface area contributed by atoms with Crippen molar-refractivity contribution in [2.24, 2.45) is 0 Å². The highest BCUT2D eigenvalue weighted by molar-refractivity contribution is 6.05. The third-order valence-electron chi connectivity index (χ3n) is 4.81. The zero-order chi connectivity index (χ0) is 17.3. The molecule has 1 unspecified atom stereocenters. The predicted octanol–water partition coefficient (Wildman–Crippen LogP) is 3.64. The summed E-state index contributed by atoms with van der Waals surface area (Å²) in [6.07, 6.45) is 4.18. The lowest BCUT2D eigenvalue weighted by Gasteiger charge is -2.33. The van der Waals surface area contributed by atoms with Gasteiger partial charge in [-0.1, -0.05) is 6.42 Å². The molecule has 24 heavy (non-hydrogen) atoms. The van der Waals surface area contributed by atoms with Gasteiger partial charge in [0, 0.05) is 17.3 Å². The molecular formula is C19H23FN2O2. The van der Waals surface area contributed by atoms with Gasteiger partial charge in [0.2, 0.25) is 5.91 Å². The SMILES string of the molecule is CC(C)N1C(=O)C(CC(=O)Nc2ccc(F)cc2)=C2CCCCC21. The van der Waals surface area contributed by atoms with Gasteiger partial charge in [-0.05, 0) is 62.9 Å². The van der Waals surface area contributed by atoms with Gasteiger partial charge in [0.1, 0.15) is 5.82 Å². The molecule has 2 aliphatic rings. The number of benzene rings is 1. The smallest absolute Gasteiger partial charge is 0.251 e. The van der Waals surface area contributed by atoms with Gasteiger partial charge < -0.3 is 10.2 Å². The first kappa shape index (κ1) is 16.7. The Morgan fingerprint density at radius 1 is 1.29 bits per heavy atom. The number of nitrogens with one attached hydrogen (secondary N) is 1. The second kappa shape index (κ2) is 6.75. The number of halogens is 1. The molecule has 1 atom stereocenters. The van der Waals surface area contributed by atoms with Crippen LogP contribution in [-0.4, -0.2) is 28.8 Å². The van der Waals surface area contributed by atoms with Gasteiger partial charge in [0.15, 0.2) is 0 Å². The fourth-order valence-corrected chi connectivity index (χ4v) is 3.77. The van der Waals surface area contributed by atoms with Crippen molar-refractivity contribution in [2.45, 2.75) is 58.0 Å². The van der Waals surface area contributed by atoms with Crippen LogP contribution in [0, 0.1) is 5.82 Å². The van der Waals surface area contributed by atoms with E-state index in [0.29, 0.717) is 11.3 Å². The number of fused-ring (bicyclic) bond motifs is 1. The van der Waals surface area contributed by atoms with Crippen LogP contribution in [0.2, 0.25) is 0 Å². The van der Waals surface area contributed by atoms with Gasteiger partial charge in [0.25, 0.3) is 5.91 Å². The van der Waals surface area contributed by atoms with E-state index in [1.54, 1.807) is 0 Å². The summed E-state index contributed by atoms with van der Waals surface area (Å²) in [5, 5.41) is 2.75. The quantitative estimate of drug-likeness (QED) is 0.916. The van der Waals surface area contributed by atoms with Crippen LogP contribution in [0.5, 0.6) is 0 Å². The summed E-state index contributed by atoms with van der Waals surface area (Å²) >= 11 is 0. The van der Waals surface area contributed by atoms with E-state index in [9.17, 15) is 14.0 Å². The molecule has 5 heteroatoms. The van der Waals surface area contributed by atoms with Crippen molar-refractivity contribution in [3.8, 4) is 0 Å². The molecule has 1 saturated carbocycles. The Kier molecular flexibility index (Phi) is 4.69. The van der Waals surface area contributed by atoms with E-state index in [-0.39, 0.29) is 36.1 Å². The molecule has 0 bridgehead atoms. The van der Waals surface area contributed by atoms with Crippen LogP contribution in [-0.2, 0) is 9.59 Å². The van der Waals surface area contributed by atoms with Gasteiger partial charge in [-0.3, -0.25) is 9.59 Å². The van der Waals surface area contributed by atoms with Crippen molar-refractivity contribution in [3.63, 3.8) is 0 Å². The van der Waals surface area contributed by atoms with Crippen LogP contribution in [0.15, 0.2) is 35.4 Å². The number of amides is 2. The summed E-state index contributed by atoms with van der Waals surface area (Å²) in [5.41, 5.74) is 2.35. The molecular weight excluding hydrogens is 307 g/mol. The molecule has 1 aliphatic carbocycles. The highest BCUT2D eigenvalue weighted by Crippen LogP contribution is 2.39. The van der Waals surface area contributed by atoms with Crippen molar-refractivity contribution < 1.29 is 14.0 Å². The molecule has 1 aromatic rings. The maximum Gasteiger partial charge on any atom is 0.251 e. The van der Waals surface area contributed by atoms with Crippen molar-refractivity contribution in [1.29, 1.82) is 0 Å². The van der Waals surface area contributed by atoms with E-state index in [1.165, 1.54) is 24.3 Å². The first-order valence-electron chi connectivity index (χ1n) is 8.57. The summed E-state index contributed by atoms with van der Waals surface area (Å²) in [5.74, 6) is -0.574. The molecule has 1 aromatic carbocycles. The lowest BCUT2D eigenvalue weighted by atomic mass is 9.88. The summed E-state index contributed by atoms with van der Waals surface area (Å²) in [6.45, 7) is 4.04. The minimum absolute atomic E-state index is 0.00107. The summed E-state index contributed by atoms with van der Waals surface area (Å²) in [6, 6.07) is 5.94. The number of carbonyl (C=O) groups excluding carboxylic acids is 2. The van der Waals surface area contributed by atoms with Gasteiger partial charge in [-0.2, -0.15) is 0 Å². The standard InChI is InChI=1S/C19H23FN2O2/c1-12(2)22-17-6-4-3-5-15(17)16(19(22)24)11-18(23)21-14-9-7-13(20)8-10-14/h7-10,12,17H,3-6,11H2,1-2H3,(H,21,23). The van der Waals surface area contributed by atoms with Crippen LogP contribution in [0.1, 0.15) is 46.0 Å².